The number of aryl methyl sites for hydroxylation is 1. The third kappa shape index (κ3) is 4.00. The third-order valence-electron chi connectivity index (χ3n) is 7.27. The van der Waals surface area contributed by atoms with Crippen molar-refractivity contribution in [2.24, 2.45) is 17.8 Å². The lowest BCUT2D eigenvalue weighted by molar-refractivity contribution is -0.139. The van der Waals surface area contributed by atoms with E-state index in [1.165, 1.54) is 10.5 Å². The molecule has 0 radical (unpaired) electrons. The smallest absolute Gasteiger partial charge is 0.316 e. The molecule has 2 aromatic rings. The number of fused-ring (bicyclic) bond motifs is 1. The molecule has 3 atom stereocenters. The van der Waals surface area contributed by atoms with Gasteiger partial charge in [0.05, 0.1) is 23.4 Å². The average molecular weight is 461 g/mol. The fraction of sp³-hybridized carbons (Fsp3) is 0.407. The van der Waals surface area contributed by atoms with Crippen molar-refractivity contribution in [3.05, 3.63) is 54.1 Å². The topological polar surface area (TPSA) is 84.0 Å². The fourth-order valence-corrected chi connectivity index (χ4v) is 5.31. The second-order valence-corrected chi connectivity index (χ2v) is 9.35. The van der Waals surface area contributed by atoms with Crippen LogP contribution in [-0.4, -0.2) is 30.2 Å². The Bertz CT molecular complexity index is 1100. The molecular weight excluding hydrogens is 432 g/mol. The highest BCUT2D eigenvalue weighted by Gasteiger charge is 2.48. The molecule has 5 rings (SSSR count). The number of anilines is 2. The molecule has 0 spiro atoms. The van der Waals surface area contributed by atoms with Gasteiger partial charge in [0.15, 0.2) is 0 Å². The van der Waals surface area contributed by atoms with Crippen molar-refractivity contribution in [3.63, 3.8) is 0 Å². The van der Waals surface area contributed by atoms with Gasteiger partial charge >= 0.3 is 5.97 Å². The number of ether oxygens (including phenoxy) is 1. The average Bonchev–Trinajstić information content (AvgIpc) is 3.37. The second kappa shape index (κ2) is 9.05. The van der Waals surface area contributed by atoms with E-state index in [2.05, 4.69) is 6.92 Å². The summed E-state index contributed by atoms with van der Waals surface area (Å²) in [6.07, 6.45) is 4.51. The maximum atomic E-state index is 12.8. The Morgan fingerprint density at radius 1 is 0.882 bits per heavy atom. The molecule has 2 aliphatic heterocycles. The van der Waals surface area contributed by atoms with Crippen LogP contribution in [0, 0.1) is 17.8 Å². The number of carbonyl (C=O) groups is 4. The first-order chi connectivity index (χ1) is 16.5. The summed E-state index contributed by atoms with van der Waals surface area (Å²) in [5.74, 6) is -1.47. The van der Waals surface area contributed by atoms with Crippen LogP contribution in [0.25, 0.3) is 0 Å². The van der Waals surface area contributed by atoms with Gasteiger partial charge in [-0.25, -0.2) is 0 Å². The molecule has 1 saturated carbocycles. The van der Waals surface area contributed by atoms with E-state index in [-0.39, 0.29) is 42.5 Å². The minimum absolute atomic E-state index is 0.103. The molecular formula is C27H28N2O5. The Morgan fingerprint density at radius 2 is 1.47 bits per heavy atom. The highest BCUT2D eigenvalue weighted by Crippen LogP contribution is 2.40. The summed E-state index contributed by atoms with van der Waals surface area (Å²) < 4.78 is 5.53. The summed E-state index contributed by atoms with van der Waals surface area (Å²) in [4.78, 5) is 53.7. The van der Waals surface area contributed by atoms with E-state index in [4.69, 9.17) is 4.74 Å². The zero-order chi connectivity index (χ0) is 23.8. The molecule has 7 nitrogen and oxygen atoms in total. The highest BCUT2D eigenvalue weighted by atomic mass is 16.5. The van der Waals surface area contributed by atoms with E-state index >= 15 is 0 Å². The van der Waals surface area contributed by atoms with Crippen LogP contribution in [0.15, 0.2) is 48.5 Å². The number of carbonyl (C=O) groups excluding carboxylic acids is 4. The van der Waals surface area contributed by atoms with Crippen LogP contribution in [0.2, 0.25) is 0 Å². The molecule has 0 unspecified atom stereocenters. The van der Waals surface area contributed by atoms with E-state index in [1.807, 2.05) is 24.3 Å². The van der Waals surface area contributed by atoms with E-state index in [1.54, 1.807) is 29.2 Å². The number of nitrogens with zero attached hydrogens (tertiary/aromatic N) is 2. The summed E-state index contributed by atoms with van der Waals surface area (Å²) in [5, 5.41) is 0. The lowest BCUT2D eigenvalue weighted by atomic mass is 9.81. The van der Waals surface area contributed by atoms with E-state index in [9.17, 15) is 19.2 Å². The summed E-state index contributed by atoms with van der Waals surface area (Å²) in [6.45, 7) is 2.35. The van der Waals surface area contributed by atoms with Gasteiger partial charge in [-0.05, 0) is 61.2 Å². The number of rotatable bonds is 5. The van der Waals surface area contributed by atoms with Gasteiger partial charge in [0.2, 0.25) is 17.7 Å². The van der Waals surface area contributed by atoms with Crippen molar-refractivity contribution >= 4 is 35.1 Å². The fourth-order valence-electron chi connectivity index (χ4n) is 5.31. The van der Waals surface area contributed by atoms with Crippen LogP contribution in [0.3, 0.4) is 0 Å². The number of imide groups is 1. The minimum atomic E-state index is -0.553. The monoisotopic (exact) mass is 460 g/mol. The summed E-state index contributed by atoms with van der Waals surface area (Å²) in [6, 6.07) is 14.2. The zero-order valence-electron chi connectivity index (χ0n) is 19.2. The van der Waals surface area contributed by atoms with Gasteiger partial charge in [0, 0.05) is 18.7 Å². The maximum Gasteiger partial charge on any atom is 0.316 e. The lowest BCUT2D eigenvalue weighted by Gasteiger charge is -2.19. The van der Waals surface area contributed by atoms with Crippen molar-refractivity contribution in [1.82, 2.24) is 0 Å². The van der Waals surface area contributed by atoms with Crippen molar-refractivity contribution in [2.45, 2.75) is 45.4 Å². The minimum Gasteiger partial charge on any atom is -0.426 e. The third-order valence-corrected chi connectivity index (χ3v) is 7.27. The summed E-state index contributed by atoms with van der Waals surface area (Å²) >= 11 is 0. The molecule has 34 heavy (non-hydrogen) atoms. The second-order valence-electron chi connectivity index (χ2n) is 9.35. The number of esters is 1. The molecule has 2 saturated heterocycles. The Balaban J connectivity index is 1.23. The molecule has 0 N–H and O–H groups in total. The molecule has 3 aliphatic rings. The molecule has 0 bridgehead atoms. The van der Waals surface area contributed by atoms with Crippen molar-refractivity contribution in [1.29, 1.82) is 0 Å². The highest BCUT2D eigenvalue weighted by molar-refractivity contribution is 6.22. The van der Waals surface area contributed by atoms with Gasteiger partial charge in [-0.2, -0.15) is 0 Å². The first-order valence-corrected chi connectivity index (χ1v) is 12.0. The Morgan fingerprint density at radius 3 is 2.06 bits per heavy atom. The largest absolute Gasteiger partial charge is 0.426 e. The normalized spacial score (nSPS) is 24.5. The molecule has 176 valence electrons. The van der Waals surface area contributed by atoms with Gasteiger partial charge in [-0.1, -0.05) is 31.9 Å². The predicted molar refractivity (Wildman–Crippen MR) is 126 cm³/mol. The van der Waals surface area contributed by atoms with Crippen LogP contribution in [0.1, 0.15) is 44.6 Å². The SMILES string of the molecule is CCc1ccc(N2C[C@@H](C(=O)Oc3ccc(N4C(=O)[C@H]5CCCC[C@H]5C4=O)cc3)CC2=O)cc1. The van der Waals surface area contributed by atoms with Crippen LogP contribution >= 0.6 is 0 Å². The first kappa shape index (κ1) is 22.3. The lowest BCUT2D eigenvalue weighted by Crippen LogP contribution is -2.30. The number of amides is 3. The number of hydrogen-bond acceptors (Lipinski definition) is 5. The van der Waals surface area contributed by atoms with Crippen LogP contribution in [-0.2, 0) is 25.6 Å². The van der Waals surface area contributed by atoms with Crippen molar-refractivity contribution < 1.29 is 23.9 Å². The summed E-state index contributed by atoms with van der Waals surface area (Å²) in [5.41, 5.74) is 2.47. The van der Waals surface area contributed by atoms with Gasteiger partial charge < -0.3 is 9.64 Å². The van der Waals surface area contributed by atoms with Gasteiger partial charge in [-0.3, -0.25) is 24.1 Å². The van der Waals surface area contributed by atoms with Gasteiger partial charge in [-0.15, -0.1) is 0 Å². The van der Waals surface area contributed by atoms with Gasteiger partial charge in [0.1, 0.15) is 5.75 Å². The molecule has 2 heterocycles. The zero-order valence-corrected chi connectivity index (χ0v) is 19.2. The Kier molecular flexibility index (Phi) is 5.94. The summed E-state index contributed by atoms with van der Waals surface area (Å²) in [7, 11) is 0. The van der Waals surface area contributed by atoms with E-state index in [0.29, 0.717) is 11.4 Å². The van der Waals surface area contributed by atoms with Crippen LogP contribution < -0.4 is 14.5 Å². The number of hydrogen-bond donors (Lipinski definition) is 0. The molecule has 3 amide bonds. The standard InChI is InChI=1S/C27H28N2O5/c1-2-17-7-9-19(10-8-17)28-16-18(15-24(28)30)27(33)34-21-13-11-20(12-14-21)29-25(31)22-5-3-4-6-23(22)26(29)32/h7-14,18,22-23H,2-6,15-16H2,1H3/t18-,22-,23+/m0/s1. The molecule has 3 fully saturated rings. The molecule has 7 heteroatoms. The Labute approximate surface area is 198 Å². The molecule has 0 aromatic heterocycles. The molecule has 2 aromatic carbocycles. The van der Waals surface area contributed by atoms with Crippen molar-refractivity contribution in [2.75, 3.05) is 16.3 Å². The van der Waals surface area contributed by atoms with Crippen LogP contribution in [0.5, 0.6) is 5.75 Å². The quantitative estimate of drug-likeness (QED) is 0.384. The van der Waals surface area contributed by atoms with Crippen molar-refractivity contribution in [3.8, 4) is 5.75 Å². The Hall–Kier alpha value is -3.48. The van der Waals surface area contributed by atoms with Crippen LogP contribution in [0.4, 0.5) is 11.4 Å². The molecule has 1 aliphatic carbocycles. The predicted octanol–water partition coefficient (Wildman–Crippen LogP) is 3.89. The van der Waals surface area contributed by atoms with E-state index < -0.39 is 11.9 Å². The van der Waals surface area contributed by atoms with E-state index in [0.717, 1.165) is 37.8 Å². The first-order valence-electron chi connectivity index (χ1n) is 12.0. The maximum absolute atomic E-state index is 12.8. The van der Waals surface area contributed by atoms with Gasteiger partial charge in [0.25, 0.3) is 0 Å². The number of benzene rings is 2.